The van der Waals surface area contributed by atoms with Crippen LogP contribution in [0.25, 0.3) is 0 Å². The third kappa shape index (κ3) is 13.6. The standard InChI is InChI=1S/C34H55N9O15S/c1-15(2)25(29(51)41-28(50)19(7-5-9-35)40-27(49)18(37)12-44)39-20(10-22(38)46)21(45)11-24(48)58-13-16-14-59-33-34(57-3,32(56)43(33)26(16)31(54)55)42-23(47)8-4-6-17(36)30(52)53/h15,17-21,25,33,39,44-45H,4-14,35-37H2,1-3H3,(H2,38,46)(H,40,49)(H,42,47)(H,52,53)(H,54,55)(H,41,50,51)/t17-,18+,19+,20?,21?,25+,33-,34+/m1/s1. The highest BCUT2D eigenvalue weighted by Gasteiger charge is 2.66. The Kier molecular flexibility index (Phi) is 19.8. The van der Waals surface area contributed by atoms with Crippen LogP contribution < -0.4 is 44.2 Å². The molecule has 16 N–H and O–H groups in total. The number of aliphatic hydroxyl groups is 2. The molecule has 0 spiro atoms. The zero-order valence-electron chi connectivity index (χ0n) is 32.8. The predicted octanol–water partition coefficient (Wildman–Crippen LogP) is -5.38. The number of carbonyl (C=O) groups is 9. The third-order valence-electron chi connectivity index (χ3n) is 9.32. The Balaban J connectivity index is 2.14. The number of β-lactam (4-membered cyclic amide) rings is 1. The molecule has 2 unspecified atom stereocenters. The van der Waals surface area contributed by atoms with Crippen molar-refractivity contribution in [2.45, 2.75) is 106 Å². The molecule has 0 aromatic heterocycles. The molecule has 0 saturated carbocycles. The molecule has 25 heteroatoms. The first-order chi connectivity index (χ1) is 27.6. The molecule has 59 heavy (non-hydrogen) atoms. The Bertz CT molecular complexity index is 1630. The van der Waals surface area contributed by atoms with Crippen molar-refractivity contribution >= 4 is 65.1 Å². The molecule has 1 fully saturated rings. The first-order valence-electron chi connectivity index (χ1n) is 18.5. The maximum absolute atomic E-state index is 13.4. The Hall–Kier alpha value is -4.76. The van der Waals surface area contributed by atoms with Gasteiger partial charge in [0.05, 0.1) is 25.2 Å². The third-order valence-corrected chi connectivity index (χ3v) is 10.7. The fourth-order valence-corrected chi connectivity index (χ4v) is 7.45. The summed E-state index contributed by atoms with van der Waals surface area (Å²) in [5.74, 6) is -9.83. The van der Waals surface area contributed by atoms with E-state index in [2.05, 4.69) is 21.3 Å². The van der Waals surface area contributed by atoms with Gasteiger partial charge >= 0.3 is 17.9 Å². The number of carboxylic acids is 2. The molecule has 2 heterocycles. The van der Waals surface area contributed by atoms with Crippen LogP contribution in [0.1, 0.15) is 58.8 Å². The van der Waals surface area contributed by atoms with Crippen molar-refractivity contribution in [2.24, 2.45) is 28.9 Å². The minimum absolute atomic E-state index is 0.0130. The molecule has 6 amide bonds. The minimum atomic E-state index is -1.94. The van der Waals surface area contributed by atoms with Crippen molar-refractivity contribution in [1.29, 1.82) is 0 Å². The lowest BCUT2D eigenvalue weighted by Gasteiger charge is -2.55. The van der Waals surface area contributed by atoms with Gasteiger partial charge in [-0.2, -0.15) is 0 Å². The van der Waals surface area contributed by atoms with Crippen molar-refractivity contribution in [3.63, 3.8) is 0 Å². The Morgan fingerprint density at radius 2 is 1.64 bits per heavy atom. The van der Waals surface area contributed by atoms with E-state index in [-0.39, 0.29) is 50.0 Å². The average Bonchev–Trinajstić information content (AvgIpc) is 3.17. The van der Waals surface area contributed by atoms with E-state index in [1.807, 2.05) is 0 Å². The van der Waals surface area contributed by atoms with Crippen molar-refractivity contribution in [3.8, 4) is 0 Å². The number of hydrogen-bond donors (Lipinski definition) is 12. The molecular weight excluding hydrogens is 806 g/mol. The fraction of sp³-hybridized carbons (Fsp3) is 0.676. The van der Waals surface area contributed by atoms with Crippen LogP contribution in [0.2, 0.25) is 0 Å². The number of esters is 1. The zero-order chi connectivity index (χ0) is 44.8. The second-order valence-electron chi connectivity index (χ2n) is 14.2. The van der Waals surface area contributed by atoms with Crippen LogP contribution in [0.4, 0.5) is 0 Å². The van der Waals surface area contributed by atoms with Crippen LogP contribution in [0.15, 0.2) is 11.3 Å². The molecule has 0 aromatic carbocycles. The molecule has 1 saturated heterocycles. The summed E-state index contributed by atoms with van der Waals surface area (Å²) in [6.45, 7) is 1.95. The minimum Gasteiger partial charge on any atom is -0.480 e. The highest BCUT2D eigenvalue weighted by atomic mass is 32.2. The second kappa shape index (κ2) is 23.1. The first-order valence-corrected chi connectivity index (χ1v) is 19.5. The molecule has 0 aliphatic carbocycles. The topological polar surface area (TPSA) is 408 Å². The summed E-state index contributed by atoms with van der Waals surface area (Å²) < 4.78 is 10.6. The molecule has 2 rings (SSSR count). The summed E-state index contributed by atoms with van der Waals surface area (Å²) in [6.07, 6.45) is -2.97. The van der Waals surface area contributed by atoms with Crippen LogP contribution in [-0.2, 0) is 52.6 Å². The van der Waals surface area contributed by atoms with Gasteiger partial charge in [-0.3, -0.25) is 53.9 Å². The maximum atomic E-state index is 13.4. The van der Waals surface area contributed by atoms with Crippen LogP contribution in [0.5, 0.6) is 0 Å². The number of primary amides is 1. The van der Waals surface area contributed by atoms with Crippen LogP contribution in [-0.4, -0.2) is 159 Å². The van der Waals surface area contributed by atoms with Gasteiger partial charge in [0.25, 0.3) is 11.6 Å². The number of carbonyl (C=O) groups excluding carboxylic acids is 7. The lowest BCUT2D eigenvalue weighted by Crippen LogP contribution is -2.80. The van der Waals surface area contributed by atoms with E-state index in [0.717, 1.165) is 23.8 Å². The number of thioether (sulfide) groups is 1. The number of imide groups is 1. The quantitative estimate of drug-likeness (QED) is 0.0219. The van der Waals surface area contributed by atoms with E-state index >= 15 is 0 Å². The van der Waals surface area contributed by atoms with E-state index in [4.69, 9.17) is 37.5 Å². The highest BCUT2D eigenvalue weighted by Crippen LogP contribution is 2.46. The van der Waals surface area contributed by atoms with Crippen molar-refractivity contribution in [2.75, 3.05) is 32.6 Å². The summed E-state index contributed by atoms with van der Waals surface area (Å²) in [7, 11) is 1.14. The number of nitrogens with one attached hydrogen (secondary N) is 4. The van der Waals surface area contributed by atoms with Gasteiger partial charge in [-0.25, -0.2) is 4.79 Å². The van der Waals surface area contributed by atoms with Crippen LogP contribution in [0, 0.1) is 5.92 Å². The molecule has 332 valence electrons. The molecule has 0 bridgehead atoms. The lowest BCUT2D eigenvalue weighted by atomic mass is 9.97. The van der Waals surface area contributed by atoms with Gasteiger partial charge in [-0.05, 0) is 38.1 Å². The highest BCUT2D eigenvalue weighted by molar-refractivity contribution is 8.00. The fourth-order valence-electron chi connectivity index (χ4n) is 6.03. The largest absolute Gasteiger partial charge is 0.480 e. The normalized spacial score (nSPS) is 20.5. The number of methoxy groups -OCH3 is 1. The van der Waals surface area contributed by atoms with Crippen molar-refractivity contribution in [3.05, 3.63) is 11.3 Å². The van der Waals surface area contributed by atoms with Crippen LogP contribution >= 0.6 is 11.8 Å². The Labute approximate surface area is 342 Å². The number of nitrogens with zero attached hydrogens (tertiary/aromatic N) is 1. The van der Waals surface area contributed by atoms with Crippen molar-refractivity contribution < 1.29 is 73.1 Å². The monoisotopic (exact) mass is 861 g/mol. The van der Waals surface area contributed by atoms with Crippen molar-refractivity contribution in [1.82, 2.24) is 26.2 Å². The van der Waals surface area contributed by atoms with Gasteiger partial charge in [-0.1, -0.05) is 13.8 Å². The van der Waals surface area contributed by atoms with E-state index in [0.29, 0.717) is 0 Å². The van der Waals surface area contributed by atoms with Gasteiger partial charge in [0.2, 0.25) is 29.5 Å². The summed E-state index contributed by atoms with van der Waals surface area (Å²) in [6, 6.07) is -6.42. The number of nitrogens with two attached hydrogens (primary N) is 4. The smallest absolute Gasteiger partial charge is 0.352 e. The number of carboxylic acid groups (broad SMARTS) is 2. The molecule has 2 aliphatic rings. The van der Waals surface area contributed by atoms with Gasteiger partial charge in [0.1, 0.15) is 35.8 Å². The van der Waals surface area contributed by atoms with Gasteiger partial charge in [0.15, 0.2) is 0 Å². The molecule has 8 atom stereocenters. The SMILES string of the molecule is CO[C@@]1(NC(=O)CCC[C@@H](N)C(=O)O)C(=O)N2C(C(=O)O)=C(COC(=O)CC(O)C(CC(N)=O)N[C@H](C(=O)NC(=O)[C@H](CCCN)NC(=O)[C@@H](N)CO)C(C)C)CS[C@@H]21. The summed E-state index contributed by atoms with van der Waals surface area (Å²) in [4.78, 5) is 114. The number of fused-ring (bicyclic) bond motifs is 1. The zero-order valence-corrected chi connectivity index (χ0v) is 33.7. The van der Waals surface area contributed by atoms with Gasteiger partial charge < -0.3 is 63.5 Å². The molecule has 24 nitrogen and oxygen atoms in total. The number of amides is 6. The second-order valence-corrected chi connectivity index (χ2v) is 15.2. The Morgan fingerprint density at radius 1 is 0.983 bits per heavy atom. The number of ether oxygens (including phenoxy) is 2. The van der Waals surface area contributed by atoms with Gasteiger partial charge in [-0.15, -0.1) is 11.8 Å². The van der Waals surface area contributed by atoms with E-state index in [9.17, 15) is 58.5 Å². The Morgan fingerprint density at radius 3 is 2.19 bits per heavy atom. The summed E-state index contributed by atoms with van der Waals surface area (Å²) >= 11 is 0.997. The van der Waals surface area contributed by atoms with E-state index in [1.165, 1.54) is 0 Å². The van der Waals surface area contributed by atoms with E-state index in [1.54, 1.807) is 13.8 Å². The number of aliphatic carboxylic acids is 2. The predicted molar refractivity (Wildman–Crippen MR) is 204 cm³/mol. The molecule has 0 aromatic rings. The summed E-state index contributed by atoms with van der Waals surface area (Å²) in [5.41, 5.74) is 19.4. The number of rotatable bonds is 26. The molecule has 0 radical (unpaired) electrons. The molecule has 2 aliphatic heterocycles. The van der Waals surface area contributed by atoms with Crippen LogP contribution in [0.3, 0.4) is 0 Å². The van der Waals surface area contributed by atoms with E-state index < -0.39 is 138 Å². The summed E-state index contributed by atoms with van der Waals surface area (Å²) in [5, 5.41) is 47.9. The lowest BCUT2D eigenvalue weighted by molar-refractivity contribution is -0.192. The first kappa shape index (κ1) is 50.4. The maximum Gasteiger partial charge on any atom is 0.352 e. The average molecular weight is 862 g/mol. The van der Waals surface area contributed by atoms with Gasteiger partial charge in [0, 0.05) is 37.3 Å². The number of aliphatic hydroxyl groups excluding tert-OH is 2. The number of hydrogen-bond acceptors (Lipinski definition) is 18. The molecular formula is C34H55N9O15S.